The maximum absolute atomic E-state index is 13.9. The number of aromatic nitrogens is 2. The third kappa shape index (κ3) is 10.3. The van der Waals surface area contributed by atoms with E-state index in [1.54, 1.807) is 6.92 Å². The van der Waals surface area contributed by atoms with Crippen molar-refractivity contribution >= 4 is 60.3 Å². The molecule has 0 bridgehead atoms. The molecule has 7 rings (SSSR count). The number of fused-ring (bicyclic) bond motifs is 1. The minimum Gasteiger partial charge on any atom is -0.381 e. The molecule has 4 aromatic rings. The third-order valence-corrected chi connectivity index (χ3v) is 16.0. The number of hydrogen-bond acceptors (Lipinski definition) is 10. The van der Waals surface area contributed by atoms with Gasteiger partial charge in [0.2, 0.25) is 0 Å². The molecule has 1 unspecified atom stereocenters. The highest BCUT2D eigenvalue weighted by Gasteiger charge is 2.48. The van der Waals surface area contributed by atoms with Crippen LogP contribution in [0, 0.1) is 5.41 Å². The first-order valence-corrected chi connectivity index (χ1v) is 24.4. The number of allylic oxidation sites excluding steroid dienone is 1. The fourth-order valence-electron chi connectivity index (χ4n) is 8.32. The number of sulfonamides is 1. The molecule has 1 aromatic heterocycles. The second-order valence-corrected chi connectivity index (χ2v) is 21.8. The second kappa shape index (κ2) is 18.0. The number of alkyl halides is 3. The van der Waals surface area contributed by atoms with Crippen LogP contribution < -0.4 is 10.0 Å². The van der Waals surface area contributed by atoms with E-state index in [0.29, 0.717) is 48.6 Å². The predicted molar refractivity (Wildman–Crippen MR) is 232 cm³/mol. The molecule has 2 aliphatic heterocycles. The Morgan fingerprint density at radius 1 is 0.950 bits per heavy atom. The van der Waals surface area contributed by atoms with Crippen LogP contribution in [0.1, 0.15) is 69.7 Å². The summed E-state index contributed by atoms with van der Waals surface area (Å²) in [6.07, 6.45) is 6.94. The minimum atomic E-state index is -5.94. The van der Waals surface area contributed by atoms with Crippen molar-refractivity contribution in [3.05, 3.63) is 107 Å². The number of likely N-dealkylation sites (tertiary alicyclic amines) is 1. The first kappa shape index (κ1) is 44.4. The van der Waals surface area contributed by atoms with Crippen LogP contribution in [0.3, 0.4) is 0 Å². The molecular weight excluding hydrogens is 853 g/mol. The van der Waals surface area contributed by atoms with E-state index in [1.165, 1.54) is 34.8 Å². The van der Waals surface area contributed by atoms with E-state index >= 15 is 0 Å². The summed E-state index contributed by atoms with van der Waals surface area (Å²) in [5, 5.41) is 3.58. The van der Waals surface area contributed by atoms with Gasteiger partial charge in [-0.1, -0.05) is 61.4 Å². The molecule has 0 saturated carbocycles. The quantitative estimate of drug-likeness (QED) is 0.126. The van der Waals surface area contributed by atoms with Gasteiger partial charge in [0.25, 0.3) is 19.9 Å². The van der Waals surface area contributed by atoms with E-state index in [-0.39, 0.29) is 16.9 Å². The van der Waals surface area contributed by atoms with Crippen molar-refractivity contribution in [2.75, 3.05) is 42.0 Å². The summed E-state index contributed by atoms with van der Waals surface area (Å²) in [5.41, 5.74) is -0.322. The van der Waals surface area contributed by atoms with Gasteiger partial charge in [-0.2, -0.15) is 13.2 Å². The van der Waals surface area contributed by atoms with E-state index in [1.807, 2.05) is 42.5 Å². The molecule has 0 spiro atoms. The van der Waals surface area contributed by atoms with Gasteiger partial charge >= 0.3 is 5.51 Å². The van der Waals surface area contributed by atoms with Gasteiger partial charge in [0.1, 0.15) is 17.0 Å². The van der Waals surface area contributed by atoms with Crippen molar-refractivity contribution in [3.63, 3.8) is 0 Å². The summed E-state index contributed by atoms with van der Waals surface area (Å²) in [5.74, 6) is 0.417. The Balaban J connectivity index is 1.02. The van der Waals surface area contributed by atoms with Crippen LogP contribution in [0.15, 0.2) is 99.4 Å². The SMILES string of the molecule is CC(CSc1ccccc1)Nc1ccc(S(=O)(=O)Nc2ncnc3c2CCN(C2CCN(CC4=C(c5ccc(Cl)cc5)CC(C)(C)CC4)CC2)C3)cc1S(=O)(=O)C(F)(F)F. The van der Waals surface area contributed by atoms with Crippen LogP contribution in [-0.2, 0) is 32.8 Å². The summed E-state index contributed by atoms with van der Waals surface area (Å²) in [7, 11) is -10.5. The maximum Gasteiger partial charge on any atom is 0.501 e. The van der Waals surface area contributed by atoms with Gasteiger partial charge in [-0.25, -0.2) is 26.8 Å². The van der Waals surface area contributed by atoms with Crippen molar-refractivity contribution in [1.29, 1.82) is 0 Å². The molecule has 0 amide bonds. The standard InChI is InChI=1S/C43H50ClF3N6O4S3/c1-29(27-58-34-7-5-4-6-8-34)50-38-14-13-35(23-40(38)59(54,55)43(45,46)47)60(56,57)51-41-36-18-22-53(26-39(36)48-28-49-41)33-16-20-52(21-17-33)25-31-15-19-42(2,3)24-37(31)30-9-11-32(44)12-10-30/h4-14,23,28-29,33,50H,15-22,24-27H2,1-3H3,(H,48,49,51). The molecule has 322 valence electrons. The van der Waals surface area contributed by atoms with E-state index in [4.69, 9.17) is 11.6 Å². The topological polar surface area (TPSA) is 125 Å². The van der Waals surface area contributed by atoms with E-state index in [0.717, 1.165) is 73.8 Å². The van der Waals surface area contributed by atoms with Crippen LogP contribution >= 0.6 is 23.4 Å². The van der Waals surface area contributed by atoms with Crippen molar-refractivity contribution in [2.45, 2.75) is 98.1 Å². The summed E-state index contributed by atoms with van der Waals surface area (Å²) < 4.78 is 97.4. The van der Waals surface area contributed by atoms with Crippen LogP contribution in [0.2, 0.25) is 5.02 Å². The fourth-order valence-corrected chi connectivity index (χ4v) is 11.4. The van der Waals surface area contributed by atoms with Gasteiger partial charge in [0.05, 0.1) is 16.3 Å². The highest BCUT2D eigenvalue weighted by molar-refractivity contribution is 7.99. The zero-order valence-electron chi connectivity index (χ0n) is 33.8. The van der Waals surface area contributed by atoms with E-state index in [2.05, 4.69) is 55.8 Å². The molecule has 1 atom stereocenters. The monoisotopic (exact) mass is 902 g/mol. The van der Waals surface area contributed by atoms with Crippen LogP contribution in [-0.4, -0.2) is 86.1 Å². The number of anilines is 2. The molecule has 3 heterocycles. The van der Waals surface area contributed by atoms with Gasteiger partial charge in [-0.15, -0.1) is 11.8 Å². The zero-order chi connectivity index (χ0) is 42.9. The molecule has 3 aromatic carbocycles. The molecule has 17 heteroatoms. The molecule has 1 fully saturated rings. The first-order chi connectivity index (χ1) is 28.4. The summed E-state index contributed by atoms with van der Waals surface area (Å²) in [6.45, 7) is 10.4. The summed E-state index contributed by atoms with van der Waals surface area (Å²) in [4.78, 5) is 12.7. The van der Waals surface area contributed by atoms with Gasteiger partial charge in [0, 0.05) is 53.0 Å². The van der Waals surface area contributed by atoms with Crippen molar-refractivity contribution in [1.82, 2.24) is 19.8 Å². The lowest BCUT2D eigenvalue weighted by Gasteiger charge is -2.41. The van der Waals surface area contributed by atoms with Gasteiger partial charge in [-0.05, 0) is 118 Å². The number of rotatable bonds is 13. The number of hydrogen-bond donors (Lipinski definition) is 2. The Morgan fingerprint density at radius 2 is 1.67 bits per heavy atom. The number of nitrogens with one attached hydrogen (secondary N) is 2. The lowest BCUT2D eigenvalue weighted by Crippen LogP contribution is -2.47. The number of thioether (sulfide) groups is 1. The minimum absolute atomic E-state index is 0.0175. The van der Waals surface area contributed by atoms with Crippen LogP contribution in [0.4, 0.5) is 24.7 Å². The lowest BCUT2D eigenvalue weighted by molar-refractivity contribution is -0.0435. The Kier molecular flexibility index (Phi) is 13.3. The number of benzene rings is 3. The molecule has 60 heavy (non-hydrogen) atoms. The van der Waals surface area contributed by atoms with Gasteiger partial charge in [-0.3, -0.25) is 14.5 Å². The second-order valence-electron chi connectivity index (χ2n) is 16.7. The van der Waals surface area contributed by atoms with Crippen LogP contribution in [0.25, 0.3) is 5.57 Å². The van der Waals surface area contributed by atoms with Crippen molar-refractivity contribution in [3.8, 4) is 0 Å². The zero-order valence-corrected chi connectivity index (χ0v) is 37.0. The smallest absolute Gasteiger partial charge is 0.381 e. The molecular formula is C43H50ClF3N6O4S3. The third-order valence-electron chi connectivity index (χ3n) is 11.6. The number of nitrogens with zero attached hydrogens (tertiary/aromatic N) is 4. The van der Waals surface area contributed by atoms with Crippen molar-refractivity contribution in [2.24, 2.45) is 5.41 Å². The number of sulfone groups is 1. The number of halogens is 4. The molecule has 0 radical (unpaired) electrons. The maximum atomic E-state index is 13.9. The van der Waals surface area contributed by atoms with Crippen LogP contribution in [0.5, 0.6) is 0 Å². The first-order valence-electron chi connectivity index (χ1n) is 20.1. The normalized spacial score (nSPS) is 18.9. The highest BCUT2D eigenvalue weighted by atomic mass is 35.5. The Bertz CT molecular complexity index is 2430. The Morgan fingerprint density at radius 3 is 2.37 bits per heavy atom. The largest absolute Gasteiger partial charge is 0.501 e. The average molecular weight is 904 g/mol. The summed E-state index contributed by atoms with van der Waals surface area (Å²) in [6, 6.07) is 20.1. The molecule has 1 saturated heterocycles. The van der Waals surface area contributed by atoms with E-state index in [9.17, 15) is 30.0 Å². The van der Waals surface area contributed by atoms with Gasteiger partial charge < -0.3 is 5.32 Å². The van der Waals surface area contributed by atoms with E-state index < -0.39 is 41.2 Å². The Hall–Kier alpha value is -3.67. The predicted octanol–water partition coefficient (Wildman–Crippen LogP) is 9.30. The summed E-state index contributed by atoms with van der Waals surface area (Å²) >= 11 is 7.65. The molecule has 2 N–H and O–H groups in total. The fraction of sp³-hybridized carbons (Fsp3) is 0.442. The number of piperidine rings is 1. The average Bonchev–Trinajstić information content (AvgIpc) is 3.21. The molecule has 3 aliphatic rings. The molecule has 1 aliphatic carbocycles. The lowest BCUT2D eigenvalue weighted by atomic mass is 9.72. The highest BCUT2D eigenvalue weighted by Crippen LogP contribution is 2.44. The Labute approximate surface area is 360 Å². The molecule has 10 nitrogen and oxygen atoms in total. The van der Waals surface area contributed by atoms with Gasteiger partial charge in [0.15, 0.2) is 0 Å². The van der Waals surface area contributed by atoms with Crippen molar-refractivity contribution < 1.29 is 30.0 Å².